The average Bonchev–Trinajstić information content (AvgIpc) is 2.63. The zero-order valence-electron chi connectivity index (χ0n) is 10.3. The van der Waals surface area contributed by atoms with Gasteiger partial charge >= 0.3 is 0 Å². The predicted molar refractivity (Wildman–Crippen MR) is 69.6 cm³/mol. The Bertz CT molecular complexity index is 501. The Morgan fingerprint density at radius 3 is 2.72 bits per heavy atom. The number of methoxy groups -OCH3 is 1. The third kappa shape index (κ3) is 2.08. The second-order valence-electron chi connectivity index (χ2n) is 4.39. The molecule has 0 aliphatic carbocycles. The maximum atomic E-state index is 11.9. The molecule has 5 heteroatoms. The van der Waals surface area contributed by atoms with Crippen molar-refractivity contribution in [1.29, 1.82) is 0 Å². The van der Waals surface area contributed by atoms with Crippen LogP contribution in [0.15, 0.2) is 18.2 Å². The Hall–Kier alpha value is -1.55. The van der Waals surface area contributed by atoms with E-state index >= 15 is 0 Å². The molecule has 1 aromatic carbocycles. The van der Waals surface area contributed by atoms with Gasteiger partial charge in [-0.3, -0.25) is 9.59 Å². The first-order valence-electron chi connectivity index (χ1n) is 5.68. The van der Waals surface area contributed by atoms with Crippen molar-refractivity contribution < 1.29 is 14.3 Å². The number of carbonyl (C=O) groups excluding carboxylic acids is 2. The molecule has 0 N–H and O–H groups in total. The van der Waals surface area contributed by atoms with E-state index in [0.717, 1.165) is 0 Å². The molecule has 1 aromatic rings. The lowest BCUT2D eigenvalue weighted by atomic mass is 10.1. The molecule has 1 amide bonds. The van der Waals surface area contributed by atoms with Gasteiger partial charge in [-0.1, -0.05) is 6.92 Å². The van der Waals surface area contributed by atoms with Gasteiger partial charge in [-0.25, -0.2) is 0 Å². The maximum Gasteiger partial charge on any atom is 0.299 e. The van der Waals surface area contributed by atoms with Crippen molar-refractivity contribution in [2.24, 2.45) is 5.92 Å². The minimum absolute atomic E-state index is 0.126. The Morgan fingerprint density at radius 2 is 2.11 bits per heavy atom. The third-order valence-corrected chi connectivity index (χ3v) is 3.46. The highest BCUT2D eigenvalue weighted by Crippen LogP contribution is 2.32. The van der Waals surface area contributed by atoms with E-state index in [0.29, 0.717) is 29.4 Å². The number of anilines is 1. The van der Waals surface area contributed by atoms with Gasteiger partial charge < -0.3 is 9.64 Å². The first-order valence-corrected chi connectivity index (χ1v) is 6.22. The van der Waals surface area contributed by atoms with Crippen LogP contribution in [0, 0.1) is 5.92 Å². The minimum atomic E-state index is -0.491. The lowest BCUT2D eigenvalue weighted by molar-refractivity contribution is -0.114. The van der Waals surface area contributed by atoms with Gasteiger partial charge in [0.05, 0.1) is 18.4 Å². The summed E-state index contributed by atoms with van der Waals surface area (Å²) in [5, 5.41) is 0. The van der Waals surface area contributed by atoms with Crippen LogP contribution < -0.4 is 9.64 Å². The number of Topliss-reactive ketones (excluding diaryl/α,β-unsaturated/α-hetero) is 1. The van der Waals surface area contributed by atoms with Gasteiger partial charge in [0.2, 0.25) is 0 Å². The largest absolute Gasteiger partial charge is 0.497 e. The fourth-order valence-corrected chi connectivity index (χ4v) is 2.04. The maximum absolute atomic E-state index is 11.9. The molecular formula is C13H14ClNO3. The molecule has 2 rings (SSSR count). The summed E-state index contributed by atoms with van der Waals surface area (Å²) in [6, 6.07) is 5.01. The van der Waals surface area contributed by atoms with Crippen LogP contribution in [-0.2, 0) is 4.79 Å². The van der Waals surface area contributed by atoms with Gasteiger partial charge in [0.15, 0.2) is 0 Å². The topological polar surface area (TPSA) is 46.6 Å². The van der Waals surface area contributed by atoms with Crippen LogP contribution >= 0.6 is 11.6 Å². The molecule has 4 nitrogen and oxygen atoms in total. The van der Waals surface area contributed by atoms with Gasteiger partial charge in [0.1, 0.15) is 5.75 Å². The summed E-state index contributed by atoms with van der Waals surface area (Å²) in [5.41, 5.74) is 1.05. The fraction of sp³-hybridized carbons (Fsp3) is 0.385. The molecule has 96 valence electrons. The molecule has 0 saturated carbocycles. The molecular weight excluding hydrogens is 254 g/mol. The average molecular weight is 268 g/mol. The molecule has 0 saturated heterocycles. The zero-order chi connectivity index (χ0) is 13.3. The molecule has 1 atom stereocenters. The first-order chi connectivity index (χ1) is 8.58. The van der Waals surface area contributed by atoms with E-state index < -0.39 is 11.7 Å². The summed E-state index contributed by atoms with van der Waals surface area (Å²) < 4.78 is 5.11. The molecule has 0 radical (unpaired) electrons. The highest BCUT2D eigenvalue weighted by molar-refractivity contribution is 6.52. The number of hydrogen-bond acceptors (Lipinski definition) is 3. The number of nitrogens with zero attached hydrogens (tertiary/aromatic N) is 1. The molecule has 0 spiro atoms. The van der Waals surface area contributed by atoms with Crippen LogP contribution in [0.3, 0.4) is 0 Å². The normalized spacial score (nSPS) is 15.8. The van der Waals surface area contributed by atoms with Crippen LogP contribution in [0.1, 0.15) is 17.3 Å². The summed E-state index contributed by atoms with van der Waals surface area (Å²) in [5.74, 6) is 0.238. The second-order valence-corrected chi connectivity index (χ2v) is 4.70. The van der Waals surface area contributed by atoms with E-state index in [1.165, 1.54) is 4.90 Å². The van der Waals surface area contributed by atoms with Gasteiger partial charge in [-0.15, -0.1) is 11.6 Å². The highest BCUT2D eigenvalue weighted by Gasteiger charge is 2.36. The van der Waals surface area contributed by atoms with Crippen LogP contribution in [0.25, 0.3) is 0 Å². The van der Waals surface area contributed by atoms with E-state index in [1.807, 2.05) is 6.92 Å². The standard InChI is InChI=1S/C13H14ClNO3/c1-8(6-14)7-15-11-5-9(18-2)3-4-10(11)12(16)13(15)17/h3-5,8H,6-7H2,1-2H3. The van der Waals surface area contributed by atoms with E-state index in [9.17, 15) is 9.59 Å². The Balaban J connectivity index is 2.39. The van der Waals surface area contributed by atoms with Crippen molar-refractivity contribution in [3.05, 3.63) is 23.8 Å². The van der Waals surface area contributed by atoms with E-state index in [4.69, 9.17) is 16.3 Å². The van der Waals surface area contributed by atoms with Crippen LogP contribution in [0.5, 0.6) is 5.75 Å². The lowest BCUT2D eigenvalue weighted by Gasteiger charge is -2.20. The molecule has 1 unspecified atom stereocenters. The van der Waals surface area contributed by atoms with Gasteiger partial charge in [0.25, 0.3) is 11.7 Å². The van der Waals surface area contributed by atoms with E-state index in [1.54, 1.807) is 25.3 Å². The second kappa shape index (κ2) is 4.98. The van der Waals surface area contributed by atoms with Gasteiger partial charge in [-0.05, 0) is 18.1 Å². The third-order valence-electron chi connectivity index (χ3n) is 2.94. The van der Waals surface area contributed by atoms with Crippen LogP contribution in [0.2, 0.25) is 0 Å². The lowest BCUT2D eigenvalue weighted by Crippen LogP contribution is -2.34. The number of hydrogen-bond donors (Lipinski definition) is 0. The summed E-state index contributed by atoms with van der Waals surface area (Å²) in [6.07, 6.45) is 0. The molecule has 0 fully saturated rings. The summed E-state index contributed by atoms with van der Waals surface area (Å²) in [4.78, 5) is 25.2. The molecule has 0 bridgehead atoms. The number of fused-ring (bicyclic) bond motifs is 1. The summed E-state index contributed by atoms with van der Waals surface area (Å²) in [6.45, 7) is 2.37. The van der Waals surface area contributed by atoms with Crippen LogP contribution in [0.4, 0.5) is 5.69 Å². The SMILES string of the molecule is COc1ccc2c(c1)N(CC(C)CCl)C(=O)C2=O. The highest BCUT2D eigenvalue weighted by atomic mass is 35.5. The molecule has 1 aliphatic heterocycles. The first kappa shape index (κ1) is 12.9. The van der Waals surface area contributed by atoms with Gasteiger partial charge in [-0.2, -0.15) is 0 Å². The van der Waals surface area contributed by atoms with Crippen molar-refractivity contribution in [3.8, 4) is 5.75 Å². The number of carbonyl (C=O) groups is 2. The number of alkyl halides is 1. The number of ether oxygens (including phenoxy) is 1. The fourth-order valence-electron chi connectivity index (χ4n) is 1.94. The Labute approximate surface area is 110 Å². The van der Waals surface area contributed by atoms with E-state index in [-0.39, 0.29) is 5.92 Å². The van der Waals surface area contributed by atoms with E-state index in [2.05, 4.69) is 0 Å². The van der Waals surface area contributed by atoms with Crippen LogP contribution in [-0.4, -0.2) is 31.2 Å². The van der Waals surface area contributed by atoms with Crippen molar-refractivity contribution in [1.82, 2.24) is 0 Å². The smallest absolute Gasteiger partial charge is 0.299 e. The van der Waals surface area contributed by atoms with Gasteiger partial charge in [0, 0.05) is 18.5 Å². The number of ketones is 1. The molecule has 1 aliphatic rings. The zero-order valence-corrected chi connectivity index (χ0v) is 11.0. The van der Waals surface area contributed by atoms with Crippen molar-refractivity contribution in [2.75, 3.05) is 24.4 Å². The van der Waals surface area contributed by atoms with Crippen molar-refractivity contribution in [2.45, 2.75) is 6.92 Å². The monoisotopic (exact) mass is 267 g/mol. The number of amides is 1. The Kier molecular flexibility index (Phi) is 3.57. The molecule has 0 aromatic heterocycles. The van der Waals surface area contributed by atoms with Crippen molar-refractivity contribution in [3.63, 3.8) is 0 Å². The molecule has 1 heterocycles. The number of halogens is 1. The molecule has 18 heavy (non-hydrogen) atoms. The van der Waals surface area contributed by atoms with Crippen molar-refractivity contribution >= 4 is 29.0 Å². The minimum Gasteiger partial charge on any atom is -0.497 e. The number of rotatable bonds is 4. The predicted octanol–water partition coefficient (Wildman–Crippen LogP) is 2.10. The number of benzene rings is 1. The quantitative estimate of drug-likeness (QED) is 0.620. The Morgan fingerprint density at radius 1 is 1.39 bits per heavy atom. The summed E-state index contributed by atoms with van der Waals surface area (Å²) in [7, 11) is 1.55. The summed E-state index contributed by atoms with van der Waals surface area (Å²) >= 11 is 5.75.